The molecule has 2 aromatic rings. The van der Waals surface area contributed by atoms with Gasteiger partial charge in [0.1, 0.15) is 17.2 Å². The molecule has 1 aromatic carbocycles. The van der Waals surface area contributed by atoms with Crippen LogP contribution in [0.15, 0.2) is 29.1 Å². The summed E-state index contributed by atoms with van der Waals surface area (Å²) in [4.78, 5) is 12.1. The highest BCUT2D eigenvalue weighted by atomic mass is 16.5. The van der Waals surface area contributed by atoms with Gasteiger partial charge in [0.2, 0.25) is 0 Å². The molecule has 1 heterocycles. The van der Waals surface area contributed by atoms with Crippen LogP contribution in [0.1, 0.15) is 13.8 Å². The number of ether oxygens (including phenoxy) is 2. The highest BCUT2D eigenvalue weighted by molar-refractivity contribution is 5.70. The van der Waals surface area contributed by atoms with Crippen molar-refractivity contribution in [1.82, 2.24) is 9.78 Å². The molecule has 0 amide bonds. The normalized spacial score (nSPS) is 10.8. The Hall–Kier alpha value is -2.50. The minimum Gasteiger partial charge on any atom is -0.497 e. The number of rotatable bonds is 5. The molecule has 0 radical (unpaired) electrons. The predicted octanol–water partition coefficient (Wildman–Crippen LogP) is 2.17. The van der Waals surface area contributed by atoms with Crippen molar-refractivity contribution < 1.29 is 9.47 Å². The third-order valence-electron chi connectivity index (χ3n) is 3.22. The first kappa shape index (κ1) is 15.9. The fourth-order valence-electron chi connectivity index (χ4n) is 2.18. The van der Waals surface area contributed by atoms with Gasteiger partial charge in [-0.1, -0.05) is 13.8 Å². The smallest absolute Gasteiger partial charge is 0.289 e. The minimum atomic E-state index is -0.278. The minimum absolute atomic E-state index is 0.163. The number of aromatic nitrogens is 2. The largest absolute Gasteiger partial charge is 0.497 e. The first-order chi connectivity index (χ1) is 10.5. The molecule has 0 spiro atoms. The highest BCUT2D eigenvalue weighted by Gasteiger charge is 2.13. The molecule has 0 saturated carbocycles. The third kappa shape index (κ3) is 3.21. The predicted molar refractivity (Wildman–Crippen MR) is 86.3 cm³/mol. The summed E-state index contributed by atoms with van der Waals surface area (Å²) in [7, 11) is 3.17. The van der Waals surface area contributed by atoms with Gasteiger partial charge in [0.05, 0.1) is 19.9 Å². The Bertz CT molecular complexity index is 723. The van der Waals surface area contributed by atoms with Gasteiger partial charge >= 0.3 is 0 Å². The average molecular weight is 303 g/mol. The number of nitrogens with two attached hydrogens (primary N) is 1. The van der Waals surface area contributed by atoms with E-state index in [0.717, 1.165) is 5.56 Å². The Morgan fingerprint density at radius 2 is 1.95 bits per heavy atom. The van der Waals surface area contributed by atoms with Crippen LogP contribution in [0.3, 0.4) is 0 Å². The Balaban J connectivity index is 2.62. The van der Waals surface area contributed by atoms with Gasteiger partial charge in [0.15, 0.2) is 0 Å². The van der Waals surface area contributed by atoms with Crippen molar-refractivity contribution in [3.05, 3.63) is 34.6 Å². The highest BCUT2D eigenvalue weighted by Crippen LogP contribution is 2.32. The van der Waals surface area contributed by atoms with E-state index in [1.807, 2.05) is 19.9 Å². The topological polar surface area (TPSA) is 79.4 Å². The molecular formula is C16H21N3O3. The van der Waals surface area contributed by atoms with Crippen molar-refractivity contribution in [2.24, 2.45) is 5.92 Å². The maximum atomic E-state index is 12.1. The molecular weight excluding hydrogens is 282 g/mol. The lowest BCUT2D eigenvalue weighted by atomic mass is 10.1. The van der Waals surface area contributed by atoms with Crippen LogP contribution in [0, 0.1) is 5.92 Å². The Morgan fingerprint density at radius 1 is 1.23 bits per heavy atom. The number of methoxy groups -OCH3 is 2. The Labute approximate surface area is 129 Å². The molecule has 0 bridgehead atoms. The van der Waals surface area contributed by atoms with E-state index in [9.17, 15) is 4.79 Å². The zero-order chi connectivity index (χ0) is 16.3. The molecule has 0 unspecified atom stereocenters. The molecule has 2 rings (SSSR count). The molecule has 2 N–H and O–H groups in total. The Kier molecular flexibility index (Phi) is 4.70. The summed E-state index contributed by atoms with van der Waals surface area (Å²) in [5, 5.41) is 4.42. The quantitative estimate of drug-likeness (QED) is 0.915. The van der Waals surface area contributed by atoms with E-state index < -0.39 is 0 Å². The summed E-state index contributed by atoms with van der Waals surface area (Å²) in [5.41, 5.74) is 7.04. The molecule has 6 heteroatoms. The van der Waals surface area contributed by atoms with Gasteiger partial charge in [0, 0.05) is 12.1 Å². The van der Waals surface area contributed by atoms with Crippen LogP contribution in [0.25, 0.3) is 11.3 Å². The van der Waals surface area contributed by atoms with Gasteiger partial charge in [-0.05, 0) is 30.2 Å². The van der Waals surface area contributed by atoms with Gasteiger partial charge in [-0.2, -0.15) is 5.10 Å². The second-order valence-electron chi connectivity index (χ2n) is 5.43. The van der Waals surface area contributed by atoms with Gasteiger partial charge in [-0.15, -0.1) is 0 Å². The van der Waals surface area contributed by atoms with Crippen LogP contribution in [0.5, 0.6) is 11.5 Å². The van der Waals surface area contributed by atoms with E-state index in [-0.39, 0.29) is 17.2 Å². The first-order valence-electron chi connectivity index (χ1n) is 7.06. The van der Waals surface area contributed by atoms with E-state index in [2.05, 4.69) is 5.10 Å². The lowest BCUT2D eigenvalue weighted by Crippen LogP contribution is -2.27. The fraction of sp³-hybridized carbons (Fsp3) is 0.375. The van der Waals surface area contributed by atoms with E-state index in [4.69, 9.17) is 15.2 Å². The zero-order valence-electron chi connectivity index (χ0n) is 13.3. The molecule has 0 aliphatic heterocycles. The number of hydrogen-bond donors (Lipinski definition) is 1. The molecule has 0 fully saturated rings. The molecule has 22 heavy (non-hydrogen) atoms. The maximum Gasteiger partial charge on any atom is 0.289 e. The van der Waals surface area contributed by atoms with E-state index >= 15 is 0 Å². The van der Waals surface area contributed by atoms with Crippen molar-refractivity contribution in [3.8, 4) is 22.8 Å². The molecule has 0 aliphatic carbocycles. The van der Waals surface area contributed by atoms with Crippen LogP contribution >= 0.6 is 0 Å². The summed E-state index contributed by atoms with van der Waals surface area (Å²) in [5.74, 6) is 1.60. The molecule has 1 aromatic heterocycles. The maximum absolute atomic E-state index is 12.1. The van der Waals surface area contributed by atoms with Gasteiger partial charge < -0.3 is 15.2 Å². The van der Waals surface area contributed by atoms with Crippen molar-refractivity contribution in [2.75, 3.05) is 20.0 Å². The number of hydrogen-bond acceptors (Lipinski definition) is 5. The molecule has 0 aliphatic rings. The SMILES string of the molecule is COc1ccc(OC)c(-c2cc(N)c(=O)n(CC(C)C)n2)c1. The number of nitrogens with zero attached hydrogens (tertiary/aromatic N) is 2. The second-order valence-corrected chi connectivity index (χ2v) is 5.43. The molecule has 6 nitrogen and oxygen atoms in total. The number of nitrogen functional groups attached to an aromatic ring is 1. The monoisotopic (exact) mass is 303 g/mol. The van der Waals surface area contributed by atoms with Crippen LogP contribution < -0.4 is 20.8 Å². The number of benzene rings is 1. The molecule has 118 valence electrons. The summed E-state index contributed by atoms with van der Waals surface area (Å²) in [6.07, 6.45) is 0. The fourth-order valence-corrected chi connectivity index (χ4v) is 2.18. The lowest BCUT2D eigenvalue weighted by molar-refractivity contribution is 0.404. The van der Waals surface area contributed by atoms with Crippen molar-refractivity contribution in [1.29, 1.82) is 0 Å². The van der Waals surface area contributed by atoms with E-state index in [1.54, 1.807) is 32.4 Å². The molecule has 0 saturated heterocycles. The summed E-state index contributed by atoms with van der Waals surface area (Å²) < 4.78 is 12.0. The zero-order valence-corrected chi connectivity index (χ0v) is 13.3. The van der Waals surface area contributed by atoms with E-state index in [0.29, 0.717) is 23.7 Å². The summed E-state index contributed by atoms with van der Waals surface area (Å²) >= 11 is 0. The third-order valence-corrected chi connectivity index (χ3v) is 3.22. The second kappa shape index (κ2) is 6.51. The standard InChI is InChI=1S/C16H21N3O3/c1-10(2)9-19-16(20)13(17)8-14(18-19)12-7-11(21-3)5-6-15(12)22-4/h5-8,10H,9,17H2,1-4H3. The van der Waals surface area contributed by atoms with Gasteiger partial charge in [0.25, 0.3) is 5.56 Å². The van der Waals surface area contributed by atoms with Gasteiger partial charge in [-0.3, -0.25) is 4.79 Å². The van der Waals surface area contributed by atoms with E-state index in [1.165, 1.54) is 4.68 Å². The summed E-state index contributed by atoms with van der Waals surface area (Å²) in [6.45, 7) is 4.54. The first-order valence-corrected chi connectivity index (χ1v) is 7.06. The average Bonchev–Trinajstić information content (AvgIpc) is 2.50. The van der Waals surface area contributed by atoms with Crippen LogP contribution in [-0.2, 0) is 6.54 Å². The Morgan fingerprint density at radius 3 is 2.55 bits per heavy atom. The molecule has 0 atom stereocenters. The van der Waals surface area contributed by atoms with Crippen LogP contribution in [0.2, 0.25) is 0 Å². The lowest BCUT2D eigenvalue weighted by Gasteiger charge is -2.13. The van der Waals surface area contributed by atoms with Crippen LogP contribution in [-0.4, -0.2) is 24.0 Å². The van der Waals surface area contributed by atoms with Crippen molar-refractivity contribution >= 4 is 5.69 Å². The van der Waals surface area contributed by atoms with Crippen molar-refractivity contribution in [3.63, 3.8) is 0 Å². The van der Waals surface area contributed by atoms with Gasteiger partial charge in [-0.25, -0.2) is 4.68 Å². The summed E-state index contributed by atoms with van der Waals surface area (Å²) in [6, 6.07) is 6.97. The van der Waals surface area contributed by atoms with Crippen LogP contribution in [0.4, 0.5) is 5.69 Å². The van der Waals surface area contributed by atoms with Crippen molar-refractivity contribution in [2.45, 2.75) is 20.4 Å². The number of anilines is 1.